The minimum Gasteiger partial charge on any atom is -0.477 e. The molecule has 0 saturated heterocycles. The molecule has 1 aromatic rings. The molecule has 1 atom stereocenters. The van der Waals surface area contributed by atoms with Gasteiger partial charge in [-0.1, -0.05) is 29.8 Å². The topological polar surface area (TPSA) is 21.6 Å². The predicted molar refractivity (Wildman–Crippen MR) is 69.8 cm³/mol. The molecular weight excluding hydrogens is 266 g/mol. The van der Waals surface area contributed by atoms with Crippen LogP contribution in [-0.4, -0.2) is 19.0 Å². The molecule has 16 heavy (non-hydrogen) atoms. The lowest BCUT2D eigenvalue weighted by Crippen LogP contribution is -2.27. The highest BCUT2D eigenvalue weighted by atomic mass is 79.9. The molecule has 0 bridgehead atoms. The van der Waals surface area contributed by atoms with Gasteiger partial charge in [0.1, 0.15) is 0 Å². The fraction of sp³-hybridized carbons (Fsp3) is 0.462. The molecule has 0 fully saturated rings. The number of benzene rings is 1. The average molecular weight is 282 g/mol. The van der Waals surface area contributed by atoms with Crippen LogP contribution in [0.25, 0.3) is 0 Å². The van der Waals surface area contributed by atoms with Crippen molar-refractivity contribution in [1.82, 2.24) is 0 Å². The summed E-state index contributed by atoms with van der Waals surface area (Å²) in [6.45, 7) is 6.10. The van der Waals surface area contributed by atoms with E-state index in [1.54, 1.807) is 0 Å². The first-order valence-corrected chi connectivity index (χ1v) is 6.39. The largest absolute Gasteiger partial charge is 0.477 e. The summed E-state index contributed by atoms with van der Waals surface area (Å²) in [6.07, 6.45) is 0. The molecule has 0 aliphatic carbocycles. The molecule has 2 rings (SSSR count). The number of ether oxygens (including phenoxy) is 1. The molecule has 3 heteroatoms. The van der Waals surface area contributed by atoms with Gasteiger partial charge < -0.3 is 4.74 Å². The van der Waals surface area contributed by atoms with Crippen molar-refractivity contribution >= 4 is 21.8 Å². The van der Waals surface area contributed by atoms with E-state index in [0.717, 1.165) is 29.1 Å². The summed E-state index contributed by atoms with van der Waals surface area (Å²) in [4.78, 5) is 4.51. The molecule has 86 valence electrons. The minimum atomic E-state index is 0.555. The van der Waals surface area contributed by atoms with Gasteiger partial charge >= 0.3 is 0 Å². The maximum absolute atomic E-state index is 5.71. The van der Waals surface area contributed by atoms with Gasteiger partial charge in [-0.15, -0.1) is 0 Å². The van der Waals surface area contributed by atoms with E-state index in [4.69, 9.17) is 4.74 Å². The standard InChI is InChI=1S/C13H16BrNO/c1-9(2)11-7-15-13(16-8-11)10-3-5-12(14)6-4-10/h3-6,9,11H,7-8H2,1-2H3/t11-/m0/s1. The Kier molecular flexibility index (Phi) is 3.64. The minimum absolute atomic E-state index is 0.555. The van der Waals surface area contributed by atoms with Crippen molar-refractivity contribution in [2.75, 3.05) is 13.2 Å². The Morgan fingerprint density at radius 3 is 2.50 bits per heavy atom. The van der Waals surface area contributed by atoms with Crippen LogP contribution in [0.4, 0.5) is 0 Å². The Bertz CT molecular complexity index is 383. The highest BCUT2D eigenvalue weighted by molar-refractivity contribution is 9.10. The molecule has 0 spiro atoms. The van der Waals surface area contributed by atoms with Crippen LogP contribution < -0.4 is 0 Å². The number of hydrogen-bond donors (Lipinski definition) is 0. The first-order valence-electron chi connectivity index (χ1n) is 5.60. The summed E-state index contributed by atoms with van der Waals surface area (Å²) in [5.41, 5.74) is 1.06. The van der Waals surface area contributed by atoms with E-state index in [0.29, 0.717) is 11.8 Å². The third-order valence-electron chi connectivity index (χ3n) is 2.94. The van der Waals surface area contributed by atoms with Gasteiger partial charge in [0.15, 0.2) is 0 Å². The van der Waals surface area contributed by atoms with Crippen molar-refractivity contribution in [1.29, 1.82) is 0 Å². The lowest BCUT2D eigenvalue weighted by molar-refractivity contribution is 0.186. The SMILES string of the molecule is CC(C)[C@H]1CN=C(c2ccc(Br)cc2)OC1. The van der Waals surface area contributed by atoms with Crippen LogP contribution in [0, 0.1) is 11.8 Å². The third-order valence-corrected chi connectivity index (χ3v) is 3.47. The van der Waals surface area contributed by atoms with E-state index in [9.17, 15) is 0 Å². The van der Waals surface area contributed by atoms with E-state index >= 15 is 0 Å². The smallest absolute Gasteiger partial charge is 0.216 e. The zero-order valence-corrected chi connectivity index (χ0v) is 11.2. The van der Waals surface area contributed by atoms with Gasteiger partial charge in [-0.25, -0.2) is 0 Å². The number of nitrogens with zero attached hydrogens (tertiary/aromatic N) is 1. The second-order valence-electron chi connectivity index (χ2n) is 4.47. The van der Waals surface area contributed by atoms with Gasteiger partial charge in [0.25, 0.3) is 0 Å². The molecule has 0 amide bonds. The van der Waals surface area contributed by atoms with Crippen LogP contribution in [0.15, 0.2) is 33.7 Å². The van der Waals surface area contributed by atoms with Crippen LogP contribution >= 0.6 is 15.9 Å². The molecule has 1 heterocycles. The van der Waals surface area contributed by atoms with Crippen LogP contribution in [0.1, 0.15) is 19.4 Å². The maximum atomic E-state index is 5.71. The summed E-state index contributed by atoms with van der Waals surface area (Å²) < 4.78 is 6.79. The summed E-state index contributed by atoms with van der Waals surface area (Å²) in [7, 11) is 0. The van der Waals surface area contributed by atoms with E-state index in [1.807, 2.05) is 24.3 Å². The van der Waals surface area contributed by atoms with Gasteiger partial charge in [0, 0.05) is 22.5 Å². The van der Waals surface area contributed by atoms with Crippen molar-refractivity contribution in [2.24, 2.45) is 16.8 Å². The number of halogens is 1. The molecule has 0 radical (unpaired) electrons. The molecule has 0 saturated carbocycles. The predicted octanol–water partition coefficient (Wildman–Crippen LogP) is 3.50. The lowest BCUT2D eigenvalue weighted by Gasteiger charge is -2.24. The monoisotopic (exact) mass is 281 g/mol. The number of hydrogen-bond acceptors (Lipinski definition) is 2. The highest BCUT2D eigenvalue weighted by Gasteiger charge is 2.20. The lowest BCUT2D eigenvalue weighted by atomic mass is 9.96. The quantitative estimate of drug-likeness (QED) is 0.813. The fourth-order valence-corrected chi connectivity index (χ4v) is 1.92. The maximum Gasteiger partial charge on any atom is 0.216 e. The molecular formula is C13H16BrNO. The van der Waals surface area contributed by atoms with E-state index in [2.05, 4.69) is 34.8 Å². The second kappa shape index (κ2) is 5.00. The fourth-order valence-electron chi connectivity index (χ4n) is 1.65. The van der Waals surface area contributed by atoms with E-state index in [-0.39, 0.29) is 0 Å². The highest BCUT2D eigenvalue weighted by Crippen LogP contribution is 2.19. The Labute approximate surface area is 105 Å². The van der Waals surface area contributed by atoms with Gasteiger partial charge in [-0.05, 0) is 30.2 Å². The Hall–Kier alpha value is -0.830. The first kappa shape index (κ1) is 11.6. The van der Waals surface area contributed by atoms with Crippen molar-refractivity contribution in [3.05, 3.63) is 34.3 Å². The summed E-state index contributed by atoms with van der Waals surface area (Å²) in [5, 5.41) is 0. The normalized spacial score (nSPS) is 20.5. The summed E-state index contributed by atoms with van der Waals surface area (Å²) in [5.74, 6) is 1.97. The molecule has 0 aromatic heterocycles. The summed E-state index contributed by atoms with van der Waals surface area (Å²) in [6, 6.07) is 8.07. The van der Waals surface area contributed by atoms with Crippen molar-refractivity contribution in [3.8, 4) is 0 Å². The van der Waals surface area contributed by atoms with Crippen LogP contribution in [0.3, 0.4) is 0 Å². The Morgan fingerprint density at radius 2 is 2.00 bits per heavy atom. The van der Waals surface area contributed by atoms with Crippen molar-refractivity contribution in [3.63, 3.8) is 0 Å². The van der Waals surface area contributed by atoms with Crippen LogP contribution in [-0.2, 0) is 4.74 Å². The molecule has 1 aliphatic rings. The first-order chi connectivity index (χ1) is 7.66. The zero-order chi connectivity index (χ0) is 11.5. The third kappa shape index (κ3) is 2.64. The number of rotatable bonds is 2. The molecule has 1 aliphatic heterocycles. The molecule has 1 aromatic carbocycles. The van der Waals surface area contributed by atoms with Crippen LogP contribution in [0.5, 0.6) is 0 Å². The summed E-state index contributed by atoms with van der Waals surface area (Å²) >= 11 is 3.42. The zero-order valence-electron chi connectivity index (χ0n) is 9.61. The van der Waals surface area contributed by atoms with Gasteiger partial charge in [-0.2, -0.15) is 0 Å². The van der Waals surface area contributed by atoms with Gasteiger partial charge in [0.05, 0.1) is 6.61 Å². The number of aliphatic imine (C=N–C) groups is 1. The average Bonchev–Trinajstić information content (AvgIpc) is 2.30. The Morgan fingerprint density at radius 1 is 1.31 bits per heavy atom. The van der Waals surface area contributed by atoms with Crippen molar-refractivity contribution in [2.45, 2.75) is 13.8 Å². The van der Waals surface area contributed by atoms with Gasteiger partial charge in [0.2, 0.25) is 5.90 Å². The van der Waals surface area contributed by atoms with E-state index < -0.39 is 0 Å². The molecule has 2 nitrogen and oxygen atoms in total. The Balaban J connectivity index is 2.10. The van der Waals surface area contributed by atoms with Crippen molar-refractivity contribution < 1.29 is 4.74 Å². The van der Waals surface area contributed by atoms with E-state index in [1.165, 1.54) is 0 Å². The van der Waals surface area contributed by atoms with Gasteiger partial charge in [-0.3, -0.25) is 4.99 Å². The molecule has 0 unspecified atom stereocenters. The molecule has 0 N–H and O–H groups in total. The second-order valence-corrected chi connectivity index (χ2v) is 5.38. The van der Waals surface area contributed by atoms with Crippen LogP contribution in [0.2, 0.25) is 0 Å².